The van der Waals surface area contributed by atoms with Crippen LogP contribution in [0.25, 0.3) is 0 Å². The summed E-state index contributed by atoms with van der Waals surface area (Å²) in [5.74, 6) is 1.00. The van der Waals surface area contributed by atoms with E-state index in [9.17, 15) is 8.42 Å². The van der Waals surface area contributed by atoms with Gasteiger partial charge < -0.3 is 10.6 Å². The molecule has 9 heteroatoms. The van der Waals surface area contributed by atoms with Crippen LogP contribution in [0.5, 0.6) is 0 Å². The summed E-state index contributed by atoms with van der Waals surface area (Å²) < 4.78 is 26.1. The molecule has 1 aliphatic rings. The Morgan fingerprint density at radius 2 is 2.00 bits per heavy atom. The fourth-order valence-corrected chi connectivity index (χ4v) is 5.54. The summed E-state index contributed by atoms with van der Waals surface area (Å²) >= 11 is 1.64. The maximum atomic E-state index is 12.2. The van der Waals surface area contributed by atoms with Crippen molar-refractivity contribution >= 4 is 27.3 Å². The Kier molecular flexibility index (Phi) is 8.27. The molecule has 0 saturated carbocycles. The van der Waals surface area contributed by atoms with Gasteiger partial charge in [0, 0.05) is 36.5 Å². The van der Waals surface area contributed by atoms with Crippen LogP contribution in [0.3, 0.4) is 0 Å². The zero-order chi connectivity index (χ0) is 20.8. The lowest BCUT2D eigenvalue weighted by atomic mass is 9.93. The molecule has 1 aromatic heterocycles. The first-order chi connectivity index (χ1) is 13.2. The number of hydrogen-bond donors (Lipinski definition) is 2. The van der Waals surface area contributed by atoms with E-state index in [0.29, 0.717) is 26.1 Å². The van der Waals surface area contributed by atoms with Crippen molar-refractivity contribution in [3.8, 4) is 0 Å². The van der Waals surface area contributed by atoms with Crippen molar-refractivity contribution in [1.82, 2.24) is 19.9 Å². The minimum absolute atomic E-state index is 0.0489. The van der Waals surface area contributed by atoms with E-state index in [2.05, 4.69) is 41.8 Å². The third kappa shape index (κ3) is 6.70. The highest BCUT2D eigenvalue weighted by atomic mass is 32.2. The van der Waals surface area contributed by atoms with Crippen molar-refractivity contribution in [3.63, 3.8) is 0 Å². The van der Waals surface area contributed by atoms with Gasteiger partial charge in [0.1, 0.15) is 5.01 Å². The van der Waals surface area contributed by atoms with Gasteiger partial charge in [-0.25, -0.2) is 22.7 Å². The molecule has 160 valence electrons. The van der Waals surface area contributed by atoms with E-state index < -0.39 is 10.0 Å². The van der Waals surface area contributed by atoms with E-state index in [1.165, 1.54) is 0 Å². The third-order valence-corrected chi connectivity index (χ3v) is 7.60. The van der Waals surface area contributed by atoms with E-state index in [-0.39, 0.29) is 17.2 Å². The Balaban J connectivity index is 1.92. The van der Waals surface area contributed by atoms with Gasteiger partial charge in [-0.1, -0.05) is 27.7 Å². The summed E-state index contributed by atoms with van der Waals surface area (Å²) in [6.07, 6.45) is 2.24. The molecule has 2 heterocycles. The van der Waals surface area contributed by atoms with Gasteiger partial charge in [0.25, 0.3) is 0 Å². The fourth-order valence-electron chi connectivity index (χ4n) is 3.05. The van der Waals surface area contributed by atoms with Crippen LogP contribution in [0.15, 0.2) is 10.4 Å². The van der Waals surface area contributed by atoms with Gasteiger partial charge in [-0.05, 0) is 26.2 Å². The van der Waals surface area contributed by atoms with Gasteiger partial charge in [0.15, 0.2) is 5.96 Å². The highest BCUT2D eigenvalue weighted by Gasteiger charge is 2.27. The van der Waals surface area contributed by atoms with Crippen LogP contribution in [-0.4, -0.2) is 55.1 Å². The highest BCUT2D eigenvalue weighted by molar-refractivity contribution is 7.89. The summed E-state index contributed by atoms with van der Waals surface area (Å²) in [5.41, 5.74) is 1.15. The molecule has 1 aliphatic heterocycles. The smallest absolute Gasteiger partial charge is 0.214 e. The molecular weight excluding hydrogens is 394 g/mol. The highest BCUT2D eigenvalue weighted by Crippen LogP contribution is 2.24. The third-order valence-electron chi connectivity index (χ3n) is 4.69. The molecule has 28 heavy (non-hydrogen) atoms. The summed E-state index contributed by atoms with van der Waals surface area (Å²) in [6, 6.07) is 0.229. The summed E-state index contributed by atoms with van der Waals surface area (Å²) in [5, 5.41) is 9.86. The van der Waals surface area contributed by atoms with Crippen molar-refractivity contribution < 1.29 is 8.42 Å². The van der Waals surface area contributed by atoms with Crippen molar-refractivity contribution in [2.75, 3.05) is 25.4 Å². The van der Waals surface area contributed by atoms with Gasteiger partial charge in [-0.3, -0.25) is 0 Å². The first kappa shape index (κ1) is 23.1. The maximum Gasteiger partial charge on any atom is 0.214 e. The Labute approximate surface area is 174 Å². The van der Waals surface area contributed by atoms with Gasteiger partial charge in [0.2, 0.25) is 10.0 Å². The lowest BCUT2D eigenvalue weighted by Gasteiger charge is -2.32. The van der Waals surface area contributed by atoms with Crippen LogP contribution in [0.1, 0.15) is 64.6 Å². The van der Waals surface area contributed by atoms with E-state index >= 15 is 0 Å². The zero-order valence-electron chi connectivity index (χ0n) is 17.8. The predicted molar refractivity (Wildman–Crippen MR) is 117 cm³/mol. The molecule has 2 N–H and O–H groups in total. The molecule has 0 aromatic carbocycles. The van der Waals surface area contributed by atoms with E-state index in [0.717, 1.165) is 36.0 Å². The molecule has 7 nitrogen and oxygen atoms in total. The number of nitrogens with one attached hydrogen (secondary N) is 2. The molecule has 0 aliphatic carbocycles. The number of thiazole rings is 1. The standard InChI is InChI=1S/C19H35N5O2S2/c1-6-12-28(25,26)24-10-8-15(9-11-24)22-18(20-7-2)21-13-17-23-16(14-27-17)19(3,4)5/h14-15H,6-13H2,1-5H3,(H2,20,21,22). The SMILES string of the molecule is CCCS(=O)(=O)N1CCC(NC(=NCc2nc(C(C)(C)C)cs2)NCC)CC1. The molecule has 0 amide bonds. The van der Waals surface area contributed by atoms with Crippen LogP contribution < -0.4 is 10.6 Å². The quantitative estimate of drug-likeness (QED) is 0.514. The number of aliphatic imine (C=N–C) groups is 1. The summed E-state index contributed by atoms with van der Waals surface area (Å²) in [4.78, 5) is 9.38. The van der Waals surface area contributed by atoms with E-state index in [1.807, 2.05) is 13.8 Å². The second-order valence-corrected chi connectivity index (χ2v) is 11.2. The van der Waals surface area contributed by atoms with Crippen molar-refractivity contribution in [3.05, 3.63) is 16.1 Å². The zero-order valence-corrected chi connectivity index (χ0v) is 19.4. The van der Waals surface area contributed by atoms with Gasteiger partial charge in [-0.2, -0.15) is 0 Å². The summed E-state index contributed by atoms with van der Waals surface area (Å²) in [6.45, 7) is 12.9. The number of nitrogens with zero attached hydrogens (tertiary/aromatic N) is 3. The number of hydrogen-bond acceptors (Lipinski definition) is 5. The molecule has 0 bridgehead atoms. The minimum atomic E-state index is -3.10. The number of piperidine rings is 1. The first-order valence-electron chi connectivity index (χ1n) is 10.1. The Morgan fingerprint density at radius 3 is 2.54 bits per heavy atom. The topological polar surface area (TPSA) is 86.7 Å². The maximum absolute atomic E-state index is 12.2. The normalized spacial score (nSPS) is 17.7. The van der Waals surface area contributed by atoms with Crippen molar-refractivity contribution in [2.24, 2.45) is 4.99 Å². The van der Waals surface area contributed by atoms with E-state index in [4.69, 9.17) is 4.98 Å². The minimum Gasteiger partial charge on any atom is -0.357 e. The lowest BCUT2D eigenvalue weighted by molar-refractivity contribution is 0.306. The Morgan fingerprint density at radius 1 is 1.32 bits per heavy atom. The van der Waals surface area contributed by atoms with Crippen LogP contribution in [-0.2, 0) is 22.0 Å². The van der Waals surface area contributed by atoms with Gasteiger partial charge in [0.05, 0.1) is 18.0 Å². The summed E-state index contributed by atoms with van der Waals surface area (Å²) in [7, 11) is -3.10. The number of guanidine groups is 1. The van der Waals surface area contributed by atoms with E-state index in [1.54, 1.807) is 15.6 Å². The molecule has 1 saturated heterocycles. The van der Waals surface area contributed by atoms with Crippen LogP contribution in [0.4, 0.5) is 0 Å². The number of rotatable bonds is 7. The number of sulfonamides is 1. The Bertz CT molecular complexity index is 745. The first-order valence-corrected chi connectivity index (χ1v) is 12.6. The monoisotopic (exact) mass is 429 g/mol. The second kappa shape index (κ2) is 10.0. The fraction of sp³-hybridized carbons (Fsp3) is 0.789. The van der Waals surface area contributed by atoms with Crippen molar-refractivity contribution in [1.29, 1.82) is 0 Å². The molecule has 0 unspecified atom stereocenters. The molecule has 0 atom stereocenters. The average molecular weight is 430 g/mol. The molecule has 1 fully saturated rings. The predicted octanol–water partition coefficient (Wildman–Crippen LogP) is 2.70. The molecular formula is C19H35N5O2S2. The molecule has 1 aromatic rings. The second-order valence-electron chi connectivity index (χ2n) is 8.21. The van der Waals surface area contributed by atoms with Crippen molar-refractivity contribution in [2.45, 2.75) is 71.9 Å². The Hall–Kier alpha value is -1.19. The number of aromatic nitrogens is 1. The van der Waals surface area contributed by atoms with Gasteiger partial charge >= 0.3 is 0 Å². The lowest BCUT2D eigenvalue weighted by Crippen LogP contribution is -2.50. The van der Waals surface area contributed by atoms with Gasteiger partial charge in [-0.15, -0.1) is 11.3 Å². The van der Waals surface area contributed by atoms with Crippen LogP contribution in [0.2, 0.25) is 0 Å². The largest absolute Gasteiger partial charge is 0.357 e. The average Bonchev–Trinajstić information content (AvgIpc) is 3.10. The van der Waals surface area contributed by atoms with Crippen LogP contribution >= 0.6 is 11.3 Å². The molecule has 0 radical (unpaired) electrons. The molecule has 0 spiro atoms. The van der Waals surface area contributed by atoms with Crippen LogP contribution in [0, 0.1) is 0 Å². The molecule has 2 rings (SSSR count).